The predicted molar refractivity (Wildman–Crippen MR) is 513 cm³/mol. The van der Waals surface area contributed by atoms with E-state index in [0.29, 0.717) is 150 Å². The van der Waals surface area contributed by atoms with Crippen LogP contribution in [0.25, 0.3) is 0 Å². The van der Waals surface area contributed by atoms with Gasteiger partial charge in [0.25, 0.3) is 0 Å². The second-order valence-corrected chi connectivity index (χ2v) is 40.0. The minimum Gasteiger partial charge on any atom is -0.486 e. The van der Waals surface area contributed by atoms with Crippen LogP contribution >= 0.6 is 0 Å². The second kappa shape index (κ2) is 44.9. The summed E-state index contributed by atoms with van der Waals surface area (Å²) in [7, 11) is 0. The number of rotatable bonds is 27. The Bertz CT molecular complexity index is 4670. The van der Waals surface area contributed by atoms with Crippen molar-refractivity contribution < 1.29 is 77.5 Å². The molecule has 135 heavy (non-hydrogen) atoms. The Hall–Kier alpha value is -9.66. The van der Waals surface area contributed by atoms with E-state index in [1.54, 1.807) is 0 Å². The molecule has 0 saturated carbocycles. The molecule has 12 atom stereocenters. The molecule has 28 heteroatoms. The quantitative estimate of drug-likeness (QED) is 0.0233. The number of fused-ring (bicyclic) bond motifs is 7. The van der Waals surface area contributed by atoms with Gasteiger partial charge in [-0.2, -0.15) is 0 Å². The van der Waals surface area contributed by atoms with Crippen LogP contribution in [0.4, 0.5) is 0 Å². The van der Waals surface area contributed by atoms with Crippen LogP contribution in [0.15, 0.2) is 146 Å². The normalized spacial score (nSPS) is 24.1. The number of ether oxygens (including phenoxy) is 8. The summed E-state index contributed by atoms with van der Waals surface area (Å²) in [5.74, 6) is 5.54. The summed E-state index contributed by atoms with van der Waals surface area (Å²) in [5, 5.41) is 61.5. The van der Waals surface area contributed by atoms with Crippen LogP contribution in [-0.4, -0.2) is 304 Å². The molecule has 4 amide bonds. The molecule has 0 spiro atoms. The molecule has 8 saturated heterocycles. The molecule has 7 aromatic rings. The van der Waals surface area contributed by atoms with Crippen LogP contribution in [0.5, 0.6) is 46.0 Å². The highest BCUT2D eigenvalue weighted by Gasteiger charge is 2.43. The number of carbonyl (C=O) groups excluding carboxylic acids is 4. The Morgan fingerprint density at radius 3 is 0.756 bits per heavy atom. The fourth-order valence-electron chi connectivity index (χ4n) is 23.2. The average Bonchev–Trinajstić information content (AvgIpc) is 1.67. The van der Waals surface area contributed by atoms with Gasteiger partial charge in [-0.25, -0.2) is 0 Å². The van der Waals surface area contributed by atoms with Crippen LogP contribution < -0.4 is 64.5 Å². The van der Waals surface area contributed by atoms with Gasteiger partial charge < -0.3 is 105 Å². The van der Waals surface area contributed by atoms with Crippen molar-refractivity contribution in [2.75, 3.05) is 184 Å². The first kappa shape index (κ1) is 94.3. The van der Waals surface area contributed by atoms with Crippen LogP contribution in [0.3, 0.4) is 0 Å². The van der Waals surface area contributed by atoms with Crippen molar-refractivity contribution in [3.8, 4) is 46.0 Å². The van der Waals surface area contributed by atoms with Gasteiger partial charge in [-0.05, 0) is 298 Å². The Labute approximate surface area is 794 Å². The van der Waals surface area contributed by atoms with E-state index >= 15 is 0 Å². The van der Waals surface area contributed by atoms with E-state index in [1.165, 1.54) is 84.7 Å². The second-order valence-electron chi connectivity index (χ2n) is 40.0. The molecule has 8 fully saturated rings. The molecule has 724 valence electrons. The van der Waals surface area contributed by atoms with E-state index in [0.717, 1.165) is 185 Å². The lowest BCUT2D eigenvalue weighted by Gasteiger charge is -2.30. The number of amides is 4. The van der Waals surface area contributed by atoms with Crippen LogP contribution in [0.1, 0.15) is 157 Å². The number of nitrogens with one attached hydrogen (secondary N) is 5. The molecule has 9 N–H and O–H groups in total. The summed E-state index contributed by atoms with van der Waals surface area (Å²) in [6.45, 7) is 21.7. The van der Waals surface area contributed by atoms with Crippen molar-refractivity contribution in [2.45, 2.75) is 182 Å². The number of carbonyl (C=O) groups is 4. The largest absolute Gasteiger partial charge is 0.486 e. The zero-order valence-corrected chi connectivity index (χ0v) is 78.4. The lowest BCUT2D eigenvalue weighted by Crippen LogP contribution is -2.49. The van der Waals surface area contributed by atoms with Crippen molar-refractivity contribution in [3.05, 3.63) is 201 Å². The van der Waals surface area contributed by atoms with Gasteiger partial charge in [-0.1, -0.05) is 97.1 Å². The molecule has 12 heterocycles. The van der Waals surface area contributed by atoms with Crippen LogP contribution in [0, 0.1) is 23.7 Å². The van der Waals surface area contributed by atoms with Crippen molar-refractivity contribution in [3.63, 3.8) is 0 Å². The maximum atomic E-state index is 13.5. The Kier molecular flexibility index (Phi) is 31.3. The molecular weight excluding hydrogens is 1710 g/mol. The zero-order valence-electron chi connectivity index (χ0n) is 78.4. The highest BCUT2D eigenvalue weighted by molar-refractivity contribution is 5.81. The van der Waals surface area contributed by atoms with Gasteiger partial charge in [0.1, 0.15) is 77.3 Å². The van der Waals surface area contributed by atoms with E-state index in [4.69, 9.17) is 37.9 Å². The molecule has 15 aliphatic rings. The van der Waals surface area contributed by atoms with E-state index in [9.17, 15) is 39.6 Å². The number of hydrogen-bond acceptors (Lipinski definition) is 24. The van der Waals surface area contributed by atoms with Crippen molar-refractivity contribution in [1.29, 1.82) is 0 Å². The third-order valence-corrected chi connectivity index (χ3v) is 30.9. The smallest absolute Gasteiger partial charge is 0.224 e. The number of hydrogen-bond donors (Lipinski definition) is 9. The van der Waals surface area contributed by atoms with Gasteiger partial charge in [0, 0.05) is 70.5 Å². The lowest BCUT2D eigenvalue weighted by atomic mass is 9.99. The SMILES string of the molecule is O=C(N[C@H](CN1CCCC1)[C@H](O)c1ccc2c(c1)OCCO2)C1CCN(C2Cc3ccccc3C2)C1.O=C(N[C@H](CN1CCCC1)[C@H](O)c1ccc2c(c1)OCCO2)C1CCNC1.O=C(N[C@H](CN1CCCC1)[C@H](O)c1ccc2c(c1)OCCO2)[C@@H]1CCN(C2Cc3ccccc3C2)C1.O=C(N[C@H](CN1CCCC1)[C@H](O)c1ccc2c(c1)OCCO2)[C@H]1CCN(C2Cc3ccccc3C2)C1. The van der Waals surface area contributed by atoms with E-state index < -0.39 is 24.4 Å². The fourth-order valence-corrected chi connectivity index (χ4v) is 23.2. The molecule has 3 aliphatic carbocycles. The maximum absolute atomic E-state index is 13.5. The fraction of sp³-hybridized carbons (Fsp3) is 0.570. The van der Waals surface area contributed by atoms with Crippen molar-refractivity contribution in [1.82, 2.24) is 60.9 Å². The highest BCUT2D eigenvalue weighted by atomic mass is 16.6. The predicted octanol–water partition coefficient (Wildman–Crippen LogP) is 8.36. The standard InChI is InChI=1S/3C29H37N3O4.C20H29N3O4/c3*33-28(22-7-8-26-27(17-22)36-14-13-35-26)25(19-31-10-3-4-11-31)30-29(34)23-9-12-32(18-23)24-15-20-5-1-2-6-21(20)16-24;24-19(14-3-4-17-18(11-14)27-10-9-26-17)16(13-23-7-1-2-8-23)22-20(25)15-5-6-21-12-15/h3*1-2,5-8,17,23-25,28,33H,3-4,9-16,18-19H2,(H,30,34);3-4,11,15-16,19,21,24H,1-2,5-10,12-13H2,(H,22,25)/t23?,25-,28-;23-,25+,28+;23-,25-,28-;15?,16-,19-/m1011/s1. The molecule has 22 rings (SSSR count). The molecule has 0 aromatic heterocycles. The number of nitrogens with zero attached hydrogens (tertiary/aromatic N) is 7. The van der Waals surface area contributed by atoms with Gasteiger partial charge in [0.05, 0.1) is 47.8 Å². The number of aliphatic hydroxyl groups excluding tert-OH is 4. The van der Waals surface area contributed by atoms with Gasteiger partial charge in [-0.3, -0.25) is 33.9 Å². The summed E-state index contributed by atoms with van der Waals surface area (Å²) >= 11 is 0. The van der Waals surface area contributed by atoms with Crippen LogP contribution in [-0.2, 0) is 57.7 Å². The first-order valence-corrected chi connectivity index (χ1v) is 50.7. The average molecular weight is 1850 g/mol. The first-order valence-electron chi connectivity index (χ1n) is 50.7. The number of aliphatic hydroxyl groups is 4. The Morgan fingerprint density at radius 2 is 0.526 bits per heavy atom. The summed E-state index contributed by atoms with van der Waals surface area (Å²) < 4.78 is 45.3. The minimum absolute atomic E-state index is 0.0152. The maximum Gasteiger partial charge on any atom is 0.224 e. The van der Waals surface area contributed by atoms with Crippen molar-refractivity contribution in [2.24, 2.45) is 23.7 Å². The zero-order chi connectivity index (χ0) is 92.1. The van der Waals surface area contributed by atoms with Gasteiger partial charge in [0.15, 0.2) is 46.0 Å². The molecule has 0 radical (unpaired) electrons. The summed E-state index contributed by atoms with van der Waals surface area (Å²) in [6.07, 6.45) is 16.0. The summed E-state index contributed by atoms with van der Waals surface area (Å²) in [6, 6.07) is 48.5. The third kappa shape index (κ3) is 23.5. The topological polar surface area (TPSA) is 306 Å². The van der Waals surface area contributed by atoms with E-state index in [1.807, 2.05) is 72.8 Å². The third-order valence-electron chi connectivity index (χ3n) is 30.9. The monoisotopic (exact) mass is 1850 g/mol. The van der Waals surface area contributed by atoms with Gasteiger partial charge in [0.2, 0.25) is 23.6 Å². The highest BCUT2D eigenvalue weighted by Crippen LogP contribution is 2.41. The summed E-state index contributed by atoms with van der Waals surface area (Å²) in [4.78, 5) is 69.9. The van der Waals surface area contributed by atoms with E-state index in [-0.39, 0.29) is 71.5 Å². The van der Waals surface area contributed by atoms with Crippen LogP contribution in [0.2, 0.25) is 0 Å². The number of likely N-dealkylation sites (tertiary alicyclic amines) is 7. The molecule has 0 bridgehead atoms. The van der Waals surface area contributed by atoms with Crippen molar-refractivity contribution >= 4 is 23.6 Å². The molecule has 28 nitrogen and oxygen atoms in total. The number of benzene rings is 7. The molecule has 12 aliphatic heterocycles. The Balaban J connectivity index is 0.000000116. The minimum atomic E-state index is -0.813. The van der Waals surface area contributed by atoms with Gasteiger partial charge in [-0.15, -0.1) is 0 Å². The van der Waals surface area contributed by atoms with Gasteiger partial charge >= 0.3 is 0 Å². The molecule has 7 aromatic carbocycles. The first-order chi connectivity index (χ1) is 66.1. The molecular formula is C107H140N12O16. The molecule has 2 unspecified atom stereocenters. The van der Waals surface area contributed by atoms with E-state index in [2.05, 4.69) is 134 Å². The summed E-state index contributed by atoms with van der Waals surface area (Å²) in [5.41, 5.74) is 11.7. The lowest BCUT2D eigenvalue weighted by molar-refractivity contribution is -0.127. The Morgan fingerprint density at radius 1 is 0.296 bits per heavy atom.